The summed E-state index contributed by atoms with van der Waals surface area (Å²) < 4.78 is 13.1. The maximum absolute atomic E-state index is 13.1. The Labute approximate surface area is 158 Å². The van der Waals surface area contributed by atoms with Crippen molar-refractivity contribution in [3.8, 4) is 0 Å². The first-order valence-corrected chi connectivity index (χ1v) is 9.12. The van der Waals surface area contributed by atoms with Crippen LogP contribution in [-0.4, -0.2) is 48.4 Å². The van der Waals surface area contributed by atoms with Gasteiger partial charge < -0.3 is 5.32 Å². The summed E-state index contributed by atoms with van der Waals surface area (Å²) in [6.45, 7) is 6.45. The summed E-state index contributed by atoms with van der Waals surface area (Å²) >= 11 is 6.10. The lowest BCUT2D eigenvalue weighted by molar-refractivity contribution is -0.117. The van der Waals surface area contributed by atoms with Gasteiger partial charge in [-0.05, 0) is 36.8 Å². The molecular weight excluding hydrogens is 353 g/mol. The summed E-state index contributed by atoms with van der Waals surface area (Å²) in [5.74, 6) is -0.313. The number of anilines is 1. The Hall–Kier alpha value is -1.95. The van der Waals surface area contributed by atoms with E-state index in [1.807, 2.05) is 31.2 Å². The number of carbonyl (C=O) groups is 1. The predicted octanol–water partition coefficient (Wildman–Crippen LogP) is 3.54. The van der Waals surface area contributed by atoms with Gasteiger partial charge in [-0.3, -0.25) is 14.6 Å². The SMILES string of the molecule is Cc1ccc(NC(=O)CN2CCN(Cc3ccc(F)cc3Cl)CC2)cc1. The van der Waals surface area contributed by atoms with E-state index in [-0.39, 0.29) is 11.7 Å². The number of halogens is 2. The van der Waals surface area contributed by atoms with Gasteiger partial charge in [0.25, 0.3) is 0 Å². The van der Waals surface area contributed by atoms with Crippen LogP contribution in [0.25, 0.3) is 0 Å². The summed E-state index contributed by atoms with van der Waals surface area (Å²) in [5.41, 5.74) is 2.92. The number of nitrogens with zero attached hydrogens (tertiary/aromatic N) is 2. The number of amides is 1. The predicted molar refractivity (Wildman–Crippen MR) is 103 cm³/mol. The molecule has 0 aliphatic carbocycles. The summed E-state index contributed by atoms with van der Waals surface area (Å²) in [4.78, 5) is 16.6. The summed E-state index contributed by atoms with van der Waals surface area (Å²) in [5, 5.41) is 3.40. The summed E-state index contributed by atoms with van der Waals surface area (Å²) in [6, 6.07) is 12.3. The lowest BCUT2D eigenvalue weighted by atomic mass is 10.2. The van der Waals surface area contributed by atoms with E-state index in [1.165, 1.54) is 17.7 Å². The fourth-order valence-corrected chi connectivity index (χ4v) is 3.26. The standard InChI is InChI=1S/C20H23ClFN3O/c1-15-2-6-18(7-3-15)23-20(26)14-25-10-8-24(9-11-25)13-16-4-5-17(22)12-19(16)21/h2-7,12H,8-11,13-14H2,1H3,(H,23,26). The van der Waals surface area contributed by atoms with Crippen molar-refractivity contribution in [1.82, 2.24) is 9.80 Å². The van der Waals surface area contributed by atoms with Gasteiger partial charge in [0, 0.05) is 43.4 Å². The maximum atomic E-state index is 13.1. The Morgan fingerprint density at radius 2 is 1.73 bits per heavy atom. The van der Waals surface area contributed by atoms with Crippen LogP contribution in [0.1, 0.15) is 11.1 Å². The fraction of sp³-hybridized carbons (Fsp3) is 0.350. The molecule has 138 valence electrons. The van der Waals surface area contributed by atoms with Crippen LogP contribution in [0.15, 0.2) is 42.5 Å². The molecule has 0 saturated carbocycles. The molecule has 6 heteroatoms. The van der Waals surface area contributed by atoms with Crippen LogP contribution in [0.3, 0.4) is 0 Å². The normalized spacial score (nSPS) is 15.8. The van der Waals surface area contributed by atoms with Gasteiger partial charge >= 0.3 is 0 Å². The third-order valence-electron chi connectivity index (χ3n) is 4.58. The Bertz CT molecular complexity index is 758. The van der Waals surface area contributed by atoms with Crippen molar-refractivity contribution in [2.24, 2.45) is 0 Å². The molecule has 1 saturated heterocycles. The van der Waals surface area contributed by atoms with Gasteiger partial charge in [-0.1, -0.05) is 35.4 Å². The molecule has 3 rings (SSSR count). The number of hydrogen-bond donors (Lipinski definition) is 1. The molecule has 1 fully saturated rings. The lowest BCUT2D eigenvalue weighted by Crippen LogP contribution is -2.48. The van der Waals surface area contributed by atoms with Gasteiger partial charge in [0.1, 0.15) is 5.82 Å². The molecule has 0 aromatic heterocycles. The topological polar surface area (TPSA) is 35.6 Å². The number of benzene rings is 2. The van der Waals surface area contributed by atoms with E-state index in [4.69, 9.17) is 11.6 Å². The van der Waals surface area contributed by atoms with E-state index in [2.05, 4.69) is 15.1 Å². The van der Waals surface area contributed by atoms with E-state index < -0.39 is 0 Å². The highest BCUT2D eigenvalue weighted by atomic mass is 35.5. The molecule has 26 heavy (non-hydrogen) atoms. The molecule has 0 spiro atoms. The van der Waals surface area contributed by atoms with Crippen molar-refractivity contribution in [1.29, 1.82) is 0 Å². The highest BCUT2D eigenvalue weighted by Crippen LogP contribution is 2.19. The molecule has 1 N–H and O–H groups in total. The van der Waals surface area contributed by atoms with Gasteiger partial charge in [0.15, 0.2) is 0 Å². The van der Waals surface area contributed by atoms with Gasteiger partial charge in [0.2, 0.25) is 5.91 Å². The van der Waals surface area contributed by atoms with Gasteiger partial charge in [-0.25, -0.2) is 4.39 Å². The van der Waals surface area contributed by atoms with Crippen molar-refractivity contribution < 1.29 is 9.18 Å². The second-order valence-corrected chi connectivity index (χ2v) is 7.11. The average molecular weight is 376 g/mol. The van der Waals surface area contributed by atoms with Gasteiger partial charge in [-0.15, -0.1) is 0 Å². The summed E-state index contributed by atoms with van der Waals surface area (Å²) in [6.07, 6.45) is 0. The smallest absolute Gasteiger partial charge is 0.238 e. The Morgan fingerprint density at radius 3 is 2.38 bits per heavy atom. The minimum absolute atomic E-state index is 0.00359. The molecule has 0 radical (unpaired) electrons. The molecule has 2 aromatic rings. The Kier molecular flexibility index (Phi) is 6.25. The highest BCUT2D eigenvalue weighted by Gasteiger charge is 2.19. The van der Waals surface area contributed by atoms with Crippen LogP contribution < -0.4 is 5.32 Å². The van der Waals surface area contributed by atoms with Crippen LogP contribution in [-0.2, 0) is 11.3 Å². The Morgan fingerprint density at radius 1 is 1.08 bits per heavy atom. The zero-order chi connectivity index (χ0) is 18.5. The minimum atomic E-state index is -0.317. The number of nitrogens with one attached hydrogen (secondary N) is 1. The van der Waals surface area contributed by atoms with Gasteiger partial charge in [0.05, 0.1) is 6.54 Å². The number of aryl methyl sites for hydroxylation is 1. The monoisotopic (exact) mass is 375 g/mol. The lowest BCUT2D eigenvalue weighted by Gasteiger charge is -2.34. The molecule has 1 amide bonds. The second-order valence-electron chi connectivity index (χ2n) is 6.70. The molecule has 1 aliphatic heterocycles. The number of rotatable bonds is 5. The highest BCUT2D eigenvalue weighted by molar-refractivity contribution is 6.31. The van der Waals surface area contributed by atoms with Gasteiger partial charge in [-0.2, -0.15) is 0 Å². The number of piperazine rings is 1. The van der Waals surface area contributed by atoms with E-state index >= 15 is 0 Å². The summed E-state index contributed by atoms with van der Waals surface area (Å²) in [7, 11) is 0. The molecule has 1 aliphatic rings. The molecule has 0 bridgehead atoms. The van der Waals surface area contributed by atoms with Crippen LogP contribution in [0, 0.1) is 12.7 Å². The minimum Gasteiger partial charge on any atom is -0.325 e. The third-order valence-corrected chi connectivity index (χ3v) is 4.93. The second kappa shape index (κ2) is 8.62. The molecular formula is C20H23ClFN3O. The maximum Gasteiger partial charge on any atom is 0.238 e. The molecule has 4 nitrogen and oxygen atoms in total. The van der Waals surface area contributed by atoms with E-state index in [9.17, 15) is 9.18 Å². The Balaban J connectivity index is 1.44. The van der Waals surface area contributed by atoms with Crippen LogP contribution in [0.2, 0.25) is 5.02 Å². The van der Waals surface area contributed by atoms with Crippen molar-refractivity contribution in [2.45, 2.75) is 13.5 Å². The number of carbonyl (C=O) groups excluding carboxylic acids is 1. The fourth-order valence-electron chi connectivity index (χ4n) is 3.04. The van der Waals surface area contributed by atoms with Crippen molar-refractivity contribution in [3.63, 3.8) is 0 Å². The van der Waals surface area contributed by atoms with E-state index in [0.29, 0.717) is 18.1 Å². The zero-order valence-corrected chi connectivity index (χ0v) is 15.6. The zero-order valence-electron chi connectivity index (χ0n) is 14.8. The molecule has 0 unspecified atom stereocenters. The third kappa shape index (κ3) is 5.27. The first-order valence-electron chi connectivity index (χ1n) is 8.75. The van der Waals surface area contributed by atoms with E-state index in [0.717, 1.165) is 37.4 Å². The van der Waals surface area contributed by atoms with Crippen molar-refractivity contribution in [2.75, 3.05) is 38.0 Å². The molecule has 1 heterocycles. The first kappa shape index (κ1) is 18.8. The molecule has 2 aromatic carbocycles. The average Bonchev–Trinajstić information content (AvgIpc) is 2.61. The van der Waals surface area contributed by atoms with Crippen molar-refractivity contribution >= 4 is 23.2 Å². The van der Waals surface area contributed by atoms with Crippen LogP contribution in [0.4, 0.5) is 10.1 Å². The number of hydrogen-bond acceptors (Lipinski definition) is 3. The van der Waals surface area contributed by atoms with Crippen LogP contribution >= 0.6 is 11.6 Å². The molecule has 0 atom stereocenters. The van der Waals surface area contributed by atoms with Crippen molar-refractivity contribution in [3.05, 3.63) is 64.4 Å². The quantitative estimate of drug-likeness (QED) is 0.868. The van der Waals surface area contributed by atoms with E-state index in [1.54, 1.807) is 6.07 Å². The van der Waals surface area contributed by atoms with Crippen LogP contribution in [0.5, 0.6) is 0 Å². The first-order chi connectivity index (χ1) is 12.5. The largest absolute Gasteiger partial charge is 0.325 e.